The first-order valence-electron chi connectivity index (χ1n) is 7.52. The van der Waals surface area contributed by atoms with Gasteiger partial charge in [0, 0.05) is 22.6 Å². The van der Waals surface area contributed by atoms with E-state index in [1.165, 1.54) is 5.56 Å². The number of hydrogen-bond acceptors (Lipinski definition) is 3. The van der Waals surface area contributed by atoms with Gasteiger partial charge in [0.2, 0.25) is 0 Å². The summed E-state index contributed by atoms with van der Waals surface area (Å²) in [6, 6.07) is 7.97. The van der Waals surface area contributed by atoms with Gasteiger partial charge < -0.3 is 5.32 Å². The molecule has 0 aliphatic carbocycles. The fourth-order valence-electron chi connectivity index (χ4n) is 1.75. The number of nitrogens with one attached hydrogen (secondary N) is 1. The number of carbonyl (C=O) groups excluding carboxylic acids is 1. The van der Waals surface area contributed by atoms with E-state index >= 15 is 0 Å². The van der Waals surface area contributed by atoms with Gasteiger partial charge in [-0.15, -0.1) is 0 Å². The normalized spacial score (nSPS) is 13.0. The van der Waals surface area contributed by atoms with Crippen LogP contribution in [0, 0.1) is 0 Å². The minimum absolute atomic E-state index is 0.0292. The Kier molecular flexibility index (Phi) is 7.67. The largest absolute Gasteiger partial charge is 0.351 e. The third kappa shape index (κ3) is 7.28. The molecule has 0 aliphatic heterocycles. The molecule has 1 unspecified atom stereocenters. The fraction of sp³-hybridized carbons (Fsp3) is 0.588. The second kappa shape index (κ2) is 8.74. The van der Waals surface area contributed by atoms with E-state index in [4.69, 9.17) is 0 Å². The molecular formula is C17H27NOS2. The van der Waals surface area contributed by atoms with E-state index in [1.54, 1.807) is 0 Å². The van der Waals surface area contributed by atoms with E-state index in [2.05, 4.69) is 46.0 Å². The van der Waals surface area contributed by atoms with Crippen LogP contribution in [0.15, 0.2) is 24.3 Å². The van der Waals surface area contributed by atoms with Crippen LogP contribution < -0.4 is 5.32 Å². The van der Waals surface area contributed by atoms with Crippen LogP contribution in [-0.2, 0) is 0 Å². The molecule has 0 spiro atoms. The first-order valence-corrected chi connectivity index (χ1v) is 9.84. The zero-order valence-electron chi connectivity index (χ0n) is 13.7. The molecule has 0 heterocycles. The highest BCUT2D eigenvalue weighted by Crippen LogP contribution is 2.34. The van der Waals surface area contributed by atoms with Crippen molar-refractivity contribution in [2.75, 3.05) is 12.3 Å². The summed E-state index contributed by atoms with van der Waals surface area (Å²) in [6.07, 6.45) is 1.09. The average molecular weight is 326 g/mol. The Balaban J connectivity index is 2.42. The highest BCUT2D eigenvalue weighted by Gasteiger charge is 2.11. The average Bonchev–Trinajstić information content (AvgIpc) is 2.44. The molecule has 1 aromatic rings. The molecule has 1 atom stereocenters. The molecule has 0 aliphatic rings. The molecule has 1 amide bonds. The molecule has 0 aromatic heterocycles. The lowest BCUT2D eigenvalue weighted by Crippen LogP contribution is -2.25. The summed E-state index contributed by atoms with van der Waals surface area (Å²) >= 11 is 0. The highest BCUT2D eigenvalue weighted by molar-refractivity contribution is 8.77. The van der Waals surface area contributed by atoms with Crippen LogP contribution in [0.1, 0.15) is 62.9 Å². The molecule has 0 saturated carbocycles. The van der Waals surface area contributed by atoms with E-state index in [-0.39, 0.29) is 10.7 Å². The SMILES string of the molecule is CCC(C)c1cccc(C(=O)NCCSSC(C)(C)C)c1. The number of hydrogen-bond donors (Lipinski definition) is 1. The topological polar surface area (TPSA) is 29.1 Å². The second-order valence-electron chi connectivity index (χ2n) is 6.21. The van der Waals surface area contributed by atoms with Gasteiger partial charge >= 0.3 is 0 Å². The lowest BCUT2D eigenvalue weighted by molar-refractivity contribution is 0.0956. The highest BCUT2D eigenvalue weighted by atomic mass is 33.1. The summed E-state index contributed by atoms with van der Waals surface area (Å²) in [6.45, 7) is 11.7. The van der Waals surface area contributed by atoms with Crippen LogP contribution in [0.25, 0.3) is 0 Å². The molecule has 2 nitrogen and oxygen atoms in total. The van der Waals surface area contributed by atoms with E-state index in [1.807, 2.05) is 39.8 Å². The zero-order chi connectivity index (χ0) is 15.9. The van der Waals surface area contributed by atoms with Crippen LogP contribution >= 0.6 is 21.6 Å². The fourth-order valence-corrected chi connectivity index (χ4v) is 3.93. The number of benzene rings is 1. The van der Waals surface area contributed by atoms with E-state index in [9.17, 15) is 4.79 Å². The maximum atomic E-state index is 12.1. The van der Waals surface area contributed by atoms with Crippen LogP contribution in [0.2, 0.25) is 0 Å². The second-order valence-corrected chi connectivity index (χ2v) is 9.45. The van der Waals surface area contributed by atoms with Gasteiger partial charge in [0.25, 0.3) is 5.91 Å². The Hall–Kier alpha value is -0.610. The summed E-state index contributed by atoms with van der Waals surface area (Å²) in [7, 11) is 3.67. The molecule has 0 saturated heterocycles. The van der Waals surface area contributed by atoms with Crippen LogP contribution in [0.3, 0.4) is 0 Å². The number of rotatable bonds is 7. The Morgan fingerprint density at radius 2 is 2.05 bits per heavy atom. The van der Waals surface area contributed by atoms with E-state index in [0.717, 1.165) is 17.7 Å². The number of carbonyl (C=O) groups is 1. The van der Waals surface area contributed by atoms with Gasteiger partial charge in [-0.2, -0.15) is 0 Å². The van der Waals surface area contributed by atoms with E-state index in [0.29, 0.717) is 12.5 Å². The molecule has 1 N–H and O–H groups in total. The van der Waals surface area contributed by atoms with Crippen molar-refractivity contribution >= 4 is 27.5 Å². The maximum absolute atomic E-state index is 12.1. The van der Waals surface area contributed by atoms with Crippen molar-refractivity contribution in [2.45, 2.75) is 51.7 Å². The Bertz CT molecular complexity index is 454. The summed E-state index contributed by atoms with van der Waals surface area (Å²) in [5, 5.41) is 3.00. The number of amides is 1. The molecule has 1 rings (SSSR count). The third-order valence-electron chi connectivity index (χ3n) is 3.11. The van der Waals surface area contributed by atoms with Crippen LogP contribution in [0.4, 0.5) is 0 Å². The summed E-state index contributed by atoms with van der Waals surface area (Å²) in [5.41, 5.74) is 2.00. The van der Waals surface area contributed by atoms with E-state index < -0.39 is 0 Å². The Morgan fingerprint density at radius 1 is 1.33 bits per heavy atom. The Labute approximate surface area is 137 Å². The molecule has 0 fully saturated rings. The van der Waals surface area contributed by atoms with Gasteiger partial charge in [0.15, 0.2) is 0 Å². The molecule has 0 radical (unpaired) electrons. The third-order valence-corrected chi connectivity index (χ3v) is 6.45. The molecular weight excluding hydrogens is 298 g/mol. The maximum Gasteiger partial charge on any atom is 0.251 e. The van der Waals surface area contributed by atoms with Crippen LogP contribution in [0.5, 0.6) is 0 Å². The zero-order valence-corrected chi connectivity index (χ0v) is 15.4. The van der Waals surface area contributed by atoms with Crippen molar-refractivity contribution in [3.63, 3.8) is 0 Å². The smallest absolute Gasteiger partial charge is 0.251 e. The van der Waals surface area contributed by atoms with Crippen molar-refractivity contribution in [3.05, 3.63) is 35.4 Å². The van der Waals surface area contributed by atoms with Gasteiger partial charge in [-0.3, -0.25) is 4.79 Å². The van der Waals surface area contributed by atoms with Gasteiger partial charge in [-0.1, -0.05) is 68.3 Å². The lowest BCUT2D eigenvalue weighted by Gasteiger charge is -2.16. The van der Waals surface area contributed by atoms with Crippen molar-refractivity contribution in [1.29, 1.82) is 0 Å². The van der Waals surface area contributed by atoms with Crippen LogP contribution in [-0.4, -0.2) is 23.0 Å². The lowest BCUT2D eigenvalue weighted by atomic mass is 9.97. The van der Waals surface area contributed by atoms with Crippen molar-refractivity contribution in [1.82, 2.24) is 5.32 Å². The molecule has 118 valence electrons. The first-order chi connectivity index (χ1) is 9.83. The monoisotopic (exact) mass is 325 g/mol. The van der Waals surface area contributed by atoms with Gasteiger partial charge in [-0.05, 0) is 30.0 Å². The summed E-state index contributed by atoms with van der Waals surface area (Å²) < 4.78 is 0.263. The minimum Gasteiger partial charge on any atom is -0.351 e. The molecule has 1 aromatic carbocycles. The molecule has 21 heavy (non-hydrogen) atoms. The Morgan fingerprint density at radius 3 is 2.67 bits per heavy atom. The predicted molar refractivity (Wildman–Crippen MR) is 97.3 cm³/mol. The van der Waals surface area contributed by atoms with Crippen molar-refractivity contribution in [2.24, 2.45) is 0 Å². The summed E-state index contributed by atoms with van der Waals surface area (Å²) in [5.74, 6) is 1.46. The van der Waals surface area contributed by atoms with Crippen molar-refractivity contribution in [3.8, 4) is 0 Å². The minimum atomic E-state index is 0.0292. The molecule has 4 heteroatoms. The quantitative estimate of drug-likeness (QED) is 0.558. The van der Waals surface area contributed by atoms with Gasteiger partial charge in [0.1, 0.15) is 0 Å². The predicted octanol–water partition coefficient (Wildman–Crippen LogP) is 5.11. The van der Waals surface area contributed by atoms with Gasteiger partial charge in [-0.25, -0.2) is 0 Å². The first kappa shape index (κ1) is 18.4. The standard InChI is InChI=1S/C17H27NOS2/c1-6-13(2)14-8-7-9-15(12-14)16(19)18-10-11-20-21-17(3,4)5/h7-9,12-13H,6,10-11H2,1-5H3,(H,18,19). The van der Waals surface area contributed by atoms with Gasteiger partial charge in [0.05, 0.1) is 0 Å². The van der Waals surface area contributed by atoms with Crippen molar-refractivity contribution < 1.29 is 4.79 Å². The summed E-state index contributed by atoms with van der Waals surface area (Å²) in [4.78, 5) is 12.1. The molecule has 0 bridgehead atoms.